The summed E-state index contributed by atoms with van der Waals surface area (Å²) in [6, 6.07) is 6.28. The highest BCUT2D eigenvalue weighted by Gasteiger charge is 2.17. The minimum atomic E-state index is 0.0359. The third kappa shape index (κ3) is 2.10. The van der Waals surface area contributed by atoms with Crippen molar-refractivity contribution in [2.24, 2.45) is 7.05 Å². The van der Waals surface area contributed by atoms with E-state index in [-0.39, 0.29) is 6.04 Å². The fourth-order valence-corrected chi connectivity index (χ4v) is 3.13. The number of fused-ring (bicyclic) bond motifs is 1. The number of imidazole rings is 1. The molecule has 0 radical (unpaired) electrons. The predicted octanol–water partition coefficient (Wildman–Crippen LogP) is 3.04. The van der Waals surface area contributed by atoms with Crippen LogP contribution in [0.5, 0.6) is 0 Å². The first-order valence-electron chi connectivity index (χ1n) is 5.81. The molecule has 0 spiro atoms. The van der Waals surface area contributed by atoms with E-state index in [0.717, 1.165) is 16.9 Å². The van der Waals surface area contributed by atoms with E-state index in [1.165, 1.54) is 3.57 Å². The molecule has 1 unspecified atom stereocenters. The van der Waals surface area contributed by atoms with Gasteiger partial charge in [-0.3, -0.25) is 0 Å². The van der Waals surface area contributed by atoms with Crippen molar-refractivity contribution < 1.29 is 0 Å². The zero-order valence-electron chi connectivity index (χ0n) is 10.5. The first-order valence-corrected chi connectivity index (χ1v) is 7.30. The Morgan fingerprint density at radius 2 is 2.21 bits per heavy atom. The molecule has 0 fully saturated rings. The standard InChI is InChI=1S/C12H12IN5S/c1-7(11-16-14-6-17(11)2)18-10-4-3-8(13)5-9(10)15-12(18)19/h3-7H,1-2H3,(H,15,19). The third-order valence-electron chi connectivity index (χ3n) is 3.19. The molecule has 0 amide bonds. The van der Waals surface area contributed by atoms with E-state index in [2.05, 4.69) is 67.5 Å². The number of aryl methyl sites for hydroxylation is 1. The van der Waals surface area contributed by atoms with Gasteiger partial charge in [-0.1, -0.05) is 0 Å². The van der Waals surface area contributed by atoms with E-state index in [4.69, 9.17) is 12.2 Å². The highest BCUT2D eigenvalue weighted by Crippen LogP contribution is 2.24. The molecule has 7 heteroatoms. The second-order valence-electron chi connectivity index (χ2n) is 4.44. The summed E-state index contributed by atoms with van der Waals surface area (Å²) in [4.78, 5) is 3.25. The number of rotatable bonds is 2. The Balaban J connectivity index is 2.23. The molecule has 0 saturated carbocycles. The summed E-state index contributed by atoms with van der Waals surface area (Å²) >= 11 is 7.73. The van der Waals surface area contributed by atoms with Gasteiger partial charge in [-0.2, -0.15) is 0 Å². The maximum Gasteiger partial charge on any atom is 0.178 e. The number of benzene rings is 1. The van der Waals surface area contributed by atoms with Crippen molar-refractivity contribution >= 4 is 45.8 Å². The van der Waals surface area contributed by atoms with Crippen molar-refractivity contribution in [3.63, 3.8) is 0 Å². The van der Waals surface area contributed by atoms with Crippen LogP contribution in [0.3, 0.4) is 0 Å². The number of hydrogen-bond donors (Lipinski definition) is 1. The predicted molar refractivity (Wildman–Crippen MR) is 84.7 cm³/mol. The van der Waals surface area contributed by atoms with Gasteiger partial charge < -0.3 is 14.1 Å². The molecule has 3 rings (SSSR count). The van der Waals surface area contributed by atoms with Crippen LogP contribution in [-0.2, 0) is 7.05 Å². The van der Waals surface area contributed by atoms with Gasteiger partial charge in [0.2, 0.25) is 0 Å². The van der Waals surface area contributed by atoms with Gasteiger partial charge in [-0.05, 0) is 59.9 Å². The fourth-order valence-electron chi connectivity index (χ4n) is 2.27. The minimum absolute atomic E-state index is 0.0359. The van der Waals surface area contributed by atoms with Crippen molar-refractivity contribution in [2.45, 2.75) is 13.0 Å². The lowest BCUT2D eigenvalue weighted by molar-refractivity contribution is 0.581. The molecule has 2 aromatic heterocycles. The van der Waals surface area contributed by atoms with Crippen LogP contribution in [0.1, 0.15) is 18.8 Å². The maximum atomic E-state index is 5.44. The highest BCUT2D eigenvalue weighted by atomic mass is 127. The van der Waals surface area contributed by atoms with E-state index in [1.54, 1.807) is 6.33 Å². The van der Waals surface area contributed by atoms with Crippen LogP contribution in [0, 0.1) is 8.34 Å². The second kappa shape index (κ2) is 4.71. The lowest BCUT2D eigenvalue weighted by atomic mass is 10.2. The Morgan fingerprint density at radius 1 is 1.42 bits per heavy atom. The molecule has 2 heterocycles. The number of nitrogens with zero attached hydrogens (tertiary/aromatic N) is 4. The number of halogens is 1. The molecule has 0 bridgehead atoms. The van der Waals surface area contributed by atoms with Gasteiger partial charge in [-0.15, -0.1) is 10.2 Å². The first-order chi connectivity index (χ1) is 9.08. The Morgan fingerprint density at radius 3 is 2.89 bits per heavy atom. The van der Waals surface area contributed by atoms with Crippen LogP contribution < -0.4 is 0 Å². The molecular weight excluding hydrogens is 373 g/mol. The molecule has 1 aromatic carbocycles. The summed E-state index contributed by atoms with van der Waals surface area (Å²) in [5, 5.41) is 8.10. The van der Waals surface area contributed by atoms with Gasteiger partial charge in [0.1, 0.15) is 6.33 Å². The van der Waals surface area contributed by atoms with E-state index in [9.17, 15) is 0 Å². The van der Waals surface area contributed by atoms with Gasteiger partial charge in [0.25, 0.3) is 0 Å². The topological polar surface area (TPSA) is 51.4 Å². The second-order valence-corrected chi connectivity index (χ2v) is 6.07. The lowest BCUT2D eigenvalue weighted by Gasteiger charge is -2.13. The smallest absolute Gasteiger partial charge is 0.178 e. The zero-order chi connectivity index (χ0) is 13.6. The van der Waals surface area contributed by atoms with Gasteiger partial charge >= 0.3 is 0 Å². The fraction of sp³-hybridized carbons (Fsp3) is 0.250. The number of H-pyrrole nitrogens is 1. The van der Waals surface area contributed by atoms with Crippen molar-refractivity contribution in [1.82, 2.24) is 24.3 Å². The molecule has 19 heavy (non-hydrogen) atoms. The van der Waals surface area contributed by atoms with E-state index in [1.807, 2.05) is 11.6 Å². The molecule has 1 atom stereocenters. The molecule has 0 saturated heterocycles. The lowest BCUT2D eigenvalue weighted by Crippen LogP contribution is -2.12. The molecule has 1 N–H and O–H groups in total. The van der Waals surface area contributed by atoms with Crippen molar-refractivity contribution in [3.05, 3.63) is 38.7 Å². The normalized spacial score (nSPS) is 13.0. The molecule has 0 aliphatic heterocycles. The zero-order valence-corrected chi connectivity index (χ0v) is 13.4. The molecular formula is C12H12IN5S. The molecule has 0 aliphatic carbocycles. The Labute approximate surface area is 128 Å². The molecule has 3 aromatic rings. The Hall–Kier alpha value is -1.22. The monoisotopic (exact) mass is 385 g/mol. The summed E-state index contributed by atoms with van der Waals surface area (Å²) < 4.78 is 5.87. The summed E-state index contributed by atoms with van der Waals surface area (Å²) in [6.07, 6.45) is 1.70. The third-order valence-corrected chi connectivity index (χ3v) is 4.16. The summed E-state index contributed by atoms with van der Waals surface area (Å²) in [6.45, 7) is 2.07. The average molecular weight is 385 g/mol. The van der Waals surface area contributed by atoms with E-state index < -0.39 is 0 Å². The SMILES string of the molecule is CC(c1nncn1C)n1c(=S)[nH]c2cc(I)ccc21. The number of aromatic nitrogens is 5. The van der Waals surface area contributed by atoms with Crippen LogP contribution in [-0.4, -0.2) is 24.3 Å². The summed E-state index contributed by atoms with van der Waals surface area (Å²) in [7, 11) is 1.94. The number of hydrogen-bond acceptors (Lipinski definition) is 3. The van der Waals surface area contributed by atoms with Gasteiger partial charge in [0.05, 0.1) is 17.1 Å². The van der Waals surface area contributed by atoms with Crippen molar-refractivity contribution in [1.29, 1.82) is 0 Å². The van der Waals surface area contributed by atoms with Gasteiger partial charge in [-0.25, -0.2) is 0 Å². The highest BCUT2D eigenvalue weighted by molar-refractivity contribution is 14.1. The van der Waals surface area contributed by atoms with Crippen LogP contribution in [0.2, 0.25) is 0 Å². The van der Waals surface area contributed by atoms with Crippen LogP contribution >= 0.6 is 34.8 Å². The summed E-state index contributed by atoms with van der Waals surface area (Å²) in [5.41, 5.74) is 2.13. The van der Waals surface area contributed by atoms with Crippen molar-refractivity contribution in [3.8, 4) is 0 Å². The number of nitrogens with one attached hydrogen (secondary N) is 1. The minimum Gasteiger partial charge on any atom is -0.331 e. The molecule has 5 nitrogen and oxygen atoms in total. The van der Waals surface area contributed by atoms with Crippen LogP contribution in [0.25, 0.3) is 11.0 Å². The van der Waals surface area contributed by atoms with Gasteiger partial charge in [0.15, 0.2) is 10.6 Å². The quantitative estimate of drug-likeness (QED) is 0.545. The van der Waals surface area contributed by atoms with Crippen molar-refractivity contribution in [2.75, 3.05) is 0 Å². The summed E-state index contributed by atoms with van der Waals surface area (Å²) in [5.74, 6) is 0.885. The van der Waals surface area contributed by atoms with Crippen LogP contribution in [0.15, 0.2) is 24.5 Å². The average Bonchev–Trinajstić information content (AvgIpc) is 2.90. The van der Waals surface area contributed by atoms with Gasteiger partial charge in [0, 0.05) is 10.6 Å². The molecule has 0 aliphatic rings. The van der Waals surface area contributed by atoms with E-state index in [0.29, 0.717) is 4.77 Å². The Kier molecular flexibility index (Phi) is 3.17. The first kappa shape index (κ1) is 12.8. The molecule has 98 valence electrons. The largest absolute Gasteiger partial charge is 0.331 e. The number of aromatic amines is 1. The van der Waals surface area contributed by atoms with E-state index >= 15 is 0 Å². The maximum absolute atomic E-state index is 5.44. The Bertz CT molecular complexity index is 800. The van der Waals surface area contributed by atoms with Crippen LogP contribution in [0.4, 0.5) is 0 Å².